The van der Waals surface area contributed by atoms with Gasteiger partial charge in [0.2, 0.25) is 5.91 Å². The van der Waals surface area contributed by atoms with Crippen molar-refractivity contribution in [3.63, 3.8) is 0 Å². The summed E-state index contributed by atoms with van der Waals surface area (Å²) >= 11 is 0. The number of unbranched alkanes of at least 4 members (excludes halogenated alkanes) is 1. The zero-order chi connectivity index (χ0) is 14.3. The minimum absolute atomic E-state index is 0.217. The molecule has 0 aromatic rings. The summed E-state index contributed by atoms with van der Waals surface area (Å²) in [5, 5.41) is 11.7. The summed E-state index contributed by atoms with van der Waals surface area (Å²) in [5.41, 5.74) is 0. The fourth-order valence-electron chi connectivity index (χ4n) is 2.09. The van der Waals surface area contributed by atoms with Crippen LogP contribution in [-0.4, -0.2) is 60.3 Å². The molecule has 1 aliphatic rings. The molecule has 0 aromatic carbocycles. The van der Waals surface area contributed by atoms with Crippen LogP contribution in [0.15, 0.2) is 0 Å². The molecule has 0 aliphatic carbocycles. The zero-order valence-electron chi connectivity index (χ0n) is 11.7. The first-order valence-electron chi connectivity index (χ1n) is 6.91. The predicted octanol–water partition coefficient (Wildman–Crippen LogP) is 0.467. The van der Waals surface area contributed by atoms with Gasteiger partial charge in [-0.25, -0.2) is 4.79 Å². The molecule has 0 spiro atoms. The van der Waals surface area contributed by atoms with E-state index in [4.69, 9.17) is 9.84 Å². The molecule has 1 fully saturated rings. The van der Waals surface area contributed by atoms with E-state index in [2.05, 4.69) is 5.32 Å². The summed E-state index contributed by atoms with van der Waals surface area (Å²) in [6.07, 6.45) is 2.19. The normalized spacial score (nSPS) is 19.7. The molecule has 6 nitrogen and oxygen atoms in total. The number of carboxylic acids is 1. The molecule has 0 saturated carbocycles. The Bertz CT molecular complexity index is 303. The van der Waals surface area contributed by atoms with Crippen LogP contribution in [0.1, 0.15) is 33.1 Å². The number of hydrogen-bond donors (Lipinski definition) is 2. The van der Waals surface area contributed by atoms with Crippen LogP contribution in [0.3, 0.4) is 0 Å². The topological polar surface area (TPSA) is 78.9 Å². The van der Waals surface area contributed by atoms with E-state index in [1.54, 1.807) is 6.92 Å². The van der Waals surface area contributed by atoms with Crippen LogP contribution < -0.4 is 5.32 Å². The highest BCUT2D eigenvalue weighted by atomic mass is 16.5. The average Bonchev–Trinajstić information content (AvgIpc) is 2.43. The van der Waals surface area contributed by atoms with Crippen LogP contribution in [0.5, 0.6) is 0 Å². The molecule has 110 valence electrons. The highest BCUT2D eigenvalue weighted by Crippen LogP contribution is 2.06. The third-order valence-electron chi connectivity index (χ3n) is 3.43. The average molecular weight is 272 g/mol. The maximum absolute atomic E-state index is 12.1. The highest BCUT2D eigenvalue weighted by Gasteiger charge is 2.26. The molecule has 0 radical (unpaired) electrons. The molecule has 1 heterocycles. The molecular formula is C13H24N2O4. The number of carbonyl (C=O) groups is 2. The van der Waals surface area contributed by atoms with Gasteiger partial charge in [-0.3, -0.25) is 9.69 Å². The first kappa shape index (κ1) is 15.9. The van der Waals surface area contributed by atoms with Crippen molar-refractivity contribution < 1.29 is 19.4 Å². The van der Waals surface area contributed by atoms with Crippen LogP contribution >= 0.6 is 0 Å². The maximum atomic E-state index is 12.1. The van der Waals surface area contributed by atoms with Crippen molar-refractivity contribution in [2.24, 2.45) is 0 Å². The van der Waals surface area contributed by atoms with Crippen LogP contribution in [0.2, 0.25) is 0 Å². The van der Waals surface area contributed by atoms with E-state index in [0.717, 1.165) is 12.8 Å². The van der Waals surface area contributed by atoms with Gasteiger partial charge in [-0.15, -0.1) is 0 Å². The van der Waals surface area contributed by atoms with Crippen LogP contribution in [-0.2, 0) is 14.3 Å². The van der Waals surface area contributed by atoms with Crippen LogP contribution in [0.4, 0.5) is 0 Å². The number of ether oxygens (including phenoxy) is 1. The van der Waals surface area contributed by atoms with Crippen molar-refractivity contribution in [1.82, 2.24) is 10.2 Å². The lowest BCUT2D eigenvalue weighted by atomic mass is 10.1. The number of rotatable bonds is 7. The predicted molar refractivity (Wildman–Crippen MR) is 70.9 cm³/mol. The molecule has 0 aromatic heterocycles. The lowest BCUT2D eigenvalue weighted by Gasteiger charge is -2.32. The van der Waals surface area contributed by atoms with Crippen molar-refractivity contribution in [3.05, 3.63) is 0 Å². The van der Waals surface area contributed by atoms with Gasteiger partial charge in [0.15, 0.2) is 0 Å². The highest BCUT2D eigenvalue weighted by molar-refractivity contribution is 5.86. The Hall–Kier alpha value is -1.14. The van der Waals surface area contributed by atoms with Gasteiger partial charge in [0, 0.05) is 13.1 Å². The van der Waals surface area contributed by atoms with E-state index in [1.807, 2.05) is 11.8 Å². The second-order valence-corrected chi connectivity index (χ2v) is 4.87. The van der Waals surface area contributed by atoms with Crippen molar-refractivity contribution >= 4 is 11.9 Å². The Balaban J connectivity index is 2.47. The molecule has 0 bridgehead atoms. The largest absolute Gasteiger partial charge is 0.480 e. The van der Waals surface area contributed by atoms with Crippen LogP contribution in [0, 0.1) is 0 Å². The van der Waals surface area contributed by atoms with E-state index in [0.29, 0.717) is 32.7 Å². The summed E-state index contributed by atoms with van der Waals surface area (Å²) in [6, 6.07) is -1.09. The van der Waals surface area contributed by atoms with Crippen LogP contribution in [0.25, 0.3) is 0 Å². The fraction of sp³-hybridized carbons (Fsp3) is 0.846. The molecule has 2 atom stereocenters. The lowest BCUT2D eigenvalue weighted by molar-refractivity contribution is -0.143. The van der Waals surface area contributed by atoms with E-state index >= 15 is 0 Å². The Morgan fingerprint density at radius 2 is 2.00 bits per heavy atom. The summed E-state index contributed by atoms with van der Waals surface area (Å²) in [4.78, 5) is 25.2. The minimum atomic E-state index is -0.962. The smallest absolute Gasteiger partial charge is 0.326 e. The molecule has 2 unspecified atom stereocenters. The lowest BCUT2D eigenvalue weighted by Crippen LogP contribution is -2.53. The number of nitrogens with one attached hydrogen (secondary N) is 1. The zero-order valence-corrected chi connectivity index (χ0v) is 11.7. The number of carboxylic acid groups (broad SMARTS) is 1. The Morgan fingerprint density at radius 3 is 2.53 bits per heavy atom. The van der Waals surface area contributed by atoms with Gasteiger partial charge in [0.05, 0.1) is 19.3 Å². The summed E-state index contributed by atoms with van der Waals surface area (Å²) in [7, 11) is 0. The molecule has 1 saturated heterocycles. The van der Waals surface area contributed by atoms with Gasteiger partial charge in [-0.05, 0) is 13.3 Å². The van der Waals surface area contributed by atoms with E-state index in [-0.39, 0.29) is 11.9 Å². The van der Waals surface area contributed by atoms with Gasteiger partial charge in [0.1, 0.15) is 6.04 Å². The number of morpholine rings is 1. The van der Waals surface area contributed by atoms with Gasteiger partial charge in [-0.1, -0.05) is 19.8 Å². The standard InChI is InChI=1S/C13H24N2O4/c1-3-4-5-11(13(17)18)14-12(16)10(2)15-6-8-19-9-7-15/h10-11H,3-9H2,1-2H3,(H,14,16)(H,17,18). The summed E-state index contributed by atoms with van der Waals surface area (Å²) in [5.74, 6) is -1.18. The number of hydrogen-bond acceptors (Lipinski definition) is 4. The number of aliphatic carboxylic acids is 1. The van der Waals surface area contributed by atoms with E-state index < -0.39 is 12.0 Å². The number of carbonyl (C=O) groups excluding carboxylic acids is 1. The first-order chi connectivity index (χ1) is 9.06. The summed E-state index contributed by atoms with van der Waals surface area (Å²) in [6.45, 7) is 6.46. The number of amides is 1. The van der Waals surface area contributed by atoms with Gasteiger partial charge < -0.3 is 15.2 Å². The Morgan fingerprint density at radius 1 is 1.37 bits per heavy atom. The molecular weight excluding hydrogens is 248 g/mol. The monoisotopic (exact) mass is 272 g/mol. The SMILES string of the molecule is CCCCC(NC(=O)C(C)N1CCOCC1)C(=O)O. The maximum Gasteiger partial charge on any atom is 0.326 e. The summed E-state index contributed by atoms with van der Waals surface area (Å²) < 4.78 is 5.23. The second kappa shape index (κ2) is 8.12. The first-order valence-corrected chi connectivity index (χ1v) is 6.91. The fourth-order valence-corrected chi connectivity index (χ4v) is 2.09. The molecule has 19 heavy (non-hydrogen) atoms. The molecule has 1 amide bonds. The van der Waals surface area contributed by atoms with Crippen molar-refractivity contribution in [3.8, 4) is 0 Å². The second-order valence-electron chi connectivity index (χ2n) is 4.87. The van der Waals surface area contributed by atoms with Gasteiger partial charge >= 0.3 is 5.97 Å². The molecule has 1 aliphatic heterocycles. The van der Waals surface area contributed by atoms with E-state index in [1.165, 1.54) is 0 Å². The Labute approximate surface area is 114 Å². The minimum Gasteiger partial charge on any atom is -0.480 e. The van der Waals surface area contributed by atoms with Gasteiger partial charge in [0.25, 0.3) is 0 Å². The third-order valence-corrected chi connectivity index (χ3v) is 3.43. The Kier molecular flexibility index (Phi) is 6.80. The quantitative estimate of drug-likeness (QED) is 0.704. The third kappa shape index (κ3) is 5.16. The molecule has 2 N–H and O–H groups in total. The van der Waals surface area contributed by atoms with Crippen molar-refractivity contribution in [2.45, 2.75) is 45.2 Å². The molecule has 6 heteroatoms. The van der Waals surface area contributed by atoms with Crippen molar-refractivity contribution in [2.75, 3.05) is 26.3 Å². The van der Waals surface area contributed by atoms with Crippen molar-refractivity contribution in [1.29, 1.82) is 0 Å². The number of nitrogens with zero attached hydrogens (tertiary/aromatic N) is 1. The van der Waals surface area contributed by atoms with E-state index in [9.17, 15) is 9.59 Å². The van der Waals surface area contributed by atoms with Gasteiger partial charge in [-0.2, -0.15) is 0 Å². The molecule has 1 rings (SSSR count).